The first kappa shape index (κ1) is 22.3. The molecule has 1 atom stereocenters. The Morgan fingerprint density at radius 1 is 1.20 bits per heavy atom. The zero-order chi connectivity index (χ0) is 21.5. The summed E-state index contributed by atoms with van der Waals surface area (Å²) in [5.41, 5.74) is 2.86. The zero-order valence-corrected chi connectivity index (χ0v) is 19.4. The number of aryl methyl sites for hydroxylation is 1. The Bertz CT molecular complexity index is 944. The number of carbonyl (C=O) groups is 1. The fourth-order valence-electron chi connectivity index (χ4n) is 2.89. The second-order valence-electron chi connectivity index (χ2n) is 6.53. The van der Waals surface area contributed by atoms with Crippen LogP contribution in [0.4, 0.5) is 5.69 Å². The van der Waals surface area contributed by atoms with Crippen LogP contribution >= 0.6 is 27.7 Å². The minimum absolute atomic E-state index is 0.112. The predicted molar refractivity (Wildman–Crippen MR) is 128 cm³/mol. The summed E-state index contributed by atoms with van der Waals surface area (Å²) in [6.07, 6.45) is 4.53. The van der Waals surface area contributed by atoms with Gasteiger partial charge in [0.25, 0.3) is 5.91 Å². The number of carbonyl (C=O) groups excluding carboxylic acids is 1. The molecule has 0 spiro atoms. The standard InChI is InChI=1S/C23H25BrN2O3S/c1-4-11-29-20-14-18(24)16(12-19(20)28-6-3)13-21-22(27)26-23(30-21)25-17-9-7-15(5-2)8-10-17/h4,7-10,12-14,23,25H,1,5-6,11H2,2-3H3,(H,26,27)/b21-13-/t23-/m0/s1. The molecular weight excluding hydrogens is 464 g/mol. The number of amides is 1. The Morgan fingerprint density at radius 3 is 2.60 bits per heavy atom. The number of rotatable bonds is 9. The molecule has 1 amide bonds. The molecule has 1 fully saturated rings. The van der Waals surface area contributed by atoms with E-state index in [1.165, 1.54) is 17.3 Å². The molecule has 1 aliphatic heterocycles. The monoisotopic (exact) mass is 488 g/mol. The molecule has 2 N–H and O–H groups in total. The molecule has 0 radical (unpaired) electrons. The van der Waals surface area contributed by atoms with Crippen LogP contribution in [0.15, 0.2) is 58.4 Å². The number of thioether (sulfide) groups is 1. The van der Waals surface area contributed by atoms with Gasteiger partial charge in [0.15, 0.2) is 17.0 Å². The maximum absolute atomic E-state index is 12.5. The van der Waals surface area contributed by atoms with Crippen LogP contribution in [0.2, 0.25) is 0 Å². The Hall–Kier alpha value is -2.38. The minimum Gasteiger partial charge on any atom is -0.490 e. The fraction of sp³-hybridized carbons (Fsp3) is 0.261. The molecule has 3 rings (SSSR count). The van der Waals surface area contributed by atoms with Crippen LogP contribution < -0.4 is 20.1 Å². The molecule has 1 saturated heterocycles. The summed E-state index contributed by atoms with van der Waals surface area (Å²) in [6, 6.07) is 12.0. The summed E-state index contributed by atoms with van der Waals surface area (Å²) >= 11 is 5.02. The first-order chi connectivity index (χ1) is 14.5. The highest BCUT2D eigenvalue weighted by molar-refractivity contribution is 9.10. The van der Waals surface area contributed by atoms with Gasteiger partial charge in [0, 0.05) is 10.2 Å². The van der Waals surface area contributed by atoms with E-state index < -0.39 is 0 Å². The topological polar surface area (TPSA) is 59.6 Å². The van der Waals surface area contributed by atoms with Gasteiger partial charge in [0.05, 0.1) is 11.5 Å². The number of anilines is 1. The van der Waals surface area contributed by atoms with Crippen molar-refractivity contribution in [2.24, 2.45) is 0 Å². The first-order valence-corrected chi connectivity index (χ1v) is 11.5. The molecule has 0 unspecified atom stereocenters. The van der Waals surface area contributed by atoms with Crippen molar-refractivity contribution >= 4 is 45.4 Å². The van der Waals surface area contributed by atoms with E-state index in [0.29, 0.717) is 29.6 Å². The summed E-state index contributed by atoms with van der Waals surface area (Å²) in [5, 5.41) is 6.30. The fourth-order valence-corrected chi connectivity index (χ4v) is 4.30. The second-order valence-corrected chi connectivity index (χ2v) is 8.53. The van der Waals surface area contributed by atoms with E-state index in [1.54, 1.807) is 6.08 Å². The third kappa shape index (κ3) is 5.61. The highest BCUT2D eigenvalue weighted by Crippen LogP contribution is 2.37. The van der Waals surface area contributed by atoms with Crippen LogP contribution in [0.5, 0.6) is 11.5 Å². The Morgan fingerprint density at radius 2 is 1.93 bits per heavy atom. The SMILES string of the molecule is C=CCOc1cc(Br)c(/C=C2\S[C@@H](Nc3ccc(CC)cc3)NC2=O)cc1OCC. The Kier molecular flexibility index (Phi) is 7.87. The molecule has 0 saturated carbocycles. The van der Waals surface area contributed by atoms with Crippen molar-refractivity contribution < 1.29 is 14.3 Å². The molecule has 7 heteroatoms. The van der Waals surface area contributed by atoms with Gasteiger partial charge < -0.3 is 20.1 Å². The van der Waals surface area contributed by atoms with Crippen molar-refractivity contribution in [1.82, 2.24) is 5.32 Å². The van der Waals surface area contributed by atoms with Crippen molar-refractivity contribution in [2.45, 2.75) is 25.8 Å². The van der Waals surface area contributed by atoms with Crippen LogP contribution in [0.3, 0.4) is 0 Å². The molecule has 5 nitrogen and oxygen atoms in total. The zero-order valence-electron chi connectivity index (χ0n) is 17.0. The molecule has 2 aromatic rings. The second kappa shape index (κ2) is 10.6. The quantitative estimate of drug-likeness (QED) is 0.356. The molecule has 0 aromatic heterocycles. The summed E-state index contributed by atoms with van der Waals surface area (Å²) < 4.78 is 12.2. The summed E-state index contributed by atoms with van der Waals surface area (Å²) in [5.74, 6) is 1.15. The van der Waals surface area contributed by atoms with Crippen LogP contribution in [0.25, 0.3) is 6.08 Å². The van der Waals surface area contributed by atoms with E-state index in [9.17, 15) is 4.79 Å². The predicted octanol–water partition coefficient (Wildman–Crippen LogP) is 5.57. The molecule has 1 aliphatic rings. The first-order valence-electron chi connectivity index (χ1n) is 9.78. The summed E-state index contributed by atoms with van der Waals surface area (Å²) in [7, 11) is 0. The van der Waals surface area contributed by atoms with Gasteiger partial charge in [-0.05, 0) is 54.8 Å². The number of halogens is 1. The van der Waals surface area contributed by atoms with Crippen molar-refractivity contribution in [3.8, 4) is 11.5 Å². The van der Waals surface area contributed by atoms with Crippen LogP contribution in [0, 0.1) is 0 Å². The molecule has 1 heterocycles. The number of hydrogen-bond donors (Lipinski definition) is 2. The highest BCUT2D eigenvalue weighted by Gasteiger charge is 2.27. The summed E-state index contributed by atoms with van der Waals surface area (Å²) in [6.45, 7) is 8.62. The van der Waals surface area contributed by atoms with E-state index in [0.717, 1.165) is 22.1 Å². The van der Waals surface area contributed by atoms with Gasteiger partial charge in [0.2, 0.25) is 0 Å². The maximum atomic E-state index is 12.5. The number of ether oxygens (including phenoxy) is 2. The number of hydrogen-bond acceptors (Lipinski definition) is 5. The van der Waals surface area contributed by atoms with Crippen molar-refractivity contribution in [1.29, 1.82) is 0 Å². The van der Waals surface area contributed by atoms with E-state index in [1.807, 2.05) is 37.3 Å². The molecule has 158 valence electrons. The van der Waals surface area contributed by atoms with Gasteiger partial charge in [-0.25, -0.2) is 0 Å². The Balaban J connectivity index is 1.77. The smallest absolute Gasteiger partial charge is 0.260 e. The molecular formula is C23H25BrN2O3S. The van der Waals surface area contributed by atoms with E-state index in [-0.39, 0.29) is 11.4 Å². The lowest BCUT2D eigenvalue weighted by molar-refractivity contribution is -0.116. The van der Waals surface area contributed by atoms with Gasteiger partial charge in [-0.15, -0.1) is 0 Å². The normalized spacial score (nSPS) is 17.0. The van der Waals surface area contributed by atoms with Gasteiger partial charge >= 0.3 is 0 Å². The van der Waals surface area contributed by atoms with Gasteiger partial charge in [-0.3, -0.25) is 4.79 Å². The lowest BCUT2D eigenvalue weighted by atomic mass is 10.1. The average Bonchev–Trinajstić information content (AvgIpc) is 3.08. The van der Waals surface area contributed by atoms with Crippen molar-refractivity contribution in [3.05, 3.63) is 69.6 Å². The Labute approximate surface area is 190 Å². The third-order valence-electron chi connectivity index (χ3n) is 4.40. The highest BCUT2D eigenvalue weighted by atomic mass is 79.9. The average molecular weight is 489 g/mol. The molecule has 2 aromatic carbocycles. The van der Waals surface area contributed by atoms with Crippen LogP contribution in [-0.4, -0.2) is 24.6 Å². The lowest BCUT2D eigenvalue weighted by Gasteiger charge is -2.13. The van der Waals surface area contributed by atoms with Gasteiger partial charge in [-0.2, -0.15) is 0 Å². The van der Waals surface area contributed by atoms with Crippen molar-refractivity contribution in [2.75, 3.05) is 18.5 Å². The van der Waals surface area contributed by atoms with E-state index in [4.69, 9.17) is 9.47 Å². The summed E-state index contributed by atoms with van der Waals surface area (Å²) in [4.78, 5) is 13.1. The van der Waals surface area contributed by atoms with Gasteiger partial charge in [0.1, 0.15) is 6.61 Å². The number of benzene rings is 2. The van der Waals surface area contributed by atoms with Crippen molar-refractivity contribution in [3.63, 3.8) is 0 Å². The minimum atomic E-state index is -0.225. The van der Waals surface area contributed by atoms with E-state index >= 15 is 0 Å². The molecule has 0 aliphatic carbocycles. The molecule has 0 bridgehead atoms. The van der Waals surface area contributed by atoms with E-state index in [2.05, 4.69) is 52.2 Å². The molecule has 30 heavy (non-hydrogen) atoms. The van der Waals surface area contributed by atoms with Gasteiger partial charge in [-0.1, -0.05) is 59.4 Å². The maximum Gasteiger partial charge on any atom is 0.260 e. The lowest BCUT2D eigenvalue weighted by Crippen LogP contribution is -2.30. The van der Waals surface area contributed by atoms with Crippen LogP contribution in [-0.2, 0) is 11.2 Å². The van der Waals surface area contributed by atoms with Crippen LogP contribution in [0.1, 0.15) is 25.0 Å². The third-order valence-corrected chi connectivity index (χ3v) is 6.11. The number of nitrogens with one attached hydrogen (secondary N) is 2. The largest absolute Gasteiger partial charge is 0.490 e.